The molecule has 1 unspecified atom stereocenters. The van der Waals surface area contributed by atoms with Crippen LogP contribution in [-0.4, -0.2) is 31.2 Å². The topological polar surface area (TPSA) is 76.4 Å². The van der Waals surface area contributed by atoms with Crippen molar-refractivity contribution in [3.8, 4) is 6.07 Å². The molecule has 2 rings (SSSR count). The summed E-state index contributed by atoms with van der Waals surface area (Å²) >= 11 is 0. The van der Waals surface area contributed by atoms with Crippen LogP contribution >= 0.6 is 0 Å². The lowest BCUT2D eigenvalue weighted by molar-refractivity contribution is -0.128. The predicted octanol–water partition coefficient (Wildman–Crippen LogP) is 1.01. The minimum atomic E-state index is -0.420. The van der Waals surface area contributed by atoms with Gasteiger partial charge in [0, 0.05) is 20.1 Å². The highest BCUT2D eigenvalue weighted by Gasteiger charge is 2.40. The monoisotopic (exact) mass is 273 g/mol. The Balaban J connectivity index is 2.27. The molecule has 1 saturated heterocycles. The van der Waals surface area contributed by atoms with Gasteiger partial charge in [-0.1, -0.05) is 6.07 Å². The number of nitrogens with zero attached hydrogens (tertiary/aromatic N) is 2. The highest BCUT2D eigenvalue weighted by Crippen LogP contribution is 2.35. The number of carbonyl (C=O) groups is 1. The van der Waals surface area contributed by atoms with Crippen LogP contribution in [0.15, 0.2) is 18.2 Å². The van der Waals surface area contributed by atoms with E-state index in [1.165, 1.54) is 0 Å². The first-order chi connectivity index (χ1) is 9.54. The van der Waals surface area contributed by atoms with Gasteiger partial charge >= 0.3 is 0 Å². The Bertz CT molecular complexity index is 565. The molecule has 0 aliphatic carbocycles. The Morgan fingerprint density at radius 1 is 1.60 bits per heavy atom. The molecule has 0 spiro atoms. The van der Waals surface area contributed by atoms with Crippen molar-refractivity contribution < 1.29 is 9.90 Å². The average Bonchev–Trinajstić information content (AvgIpc) is 2.89. The lowest BCUT2D eigenvalue weighted by atomic mass is 9.89. The van der Waals surface area contributed by atoms with Gasteiger partial charge in [0.2, 0.25) is 5.91 Å². The van der Waals surface area contributed by atoms with Crippen molar-refractivity contribution in [2.45, 2.75) is 20.0 Å². The quantitative estimate of drug-likeness (QED) is 0.862. The molecule has 5 nitrogen and oxygen atoms in total. The number of hydrogen-bond donors (Lipinski definition) is 2. The minimum absolute atomic E-state index is 0.0329. The molecule has 5 heteroatoms. The highest BCUT2D eigenvalue weighted by atomic mass is 16.3. The van der Waals surface area contributed by atoms with Gasteiger partial charge in [0.15, 0.2) is 0 Å². The van der Waals surface area contributed by atoms with Crippen LogP contribution in [0.2, 0.25) is 0 Å². The highest BCUT2D eigenvalue weighted by molar-refractivity contribution is 5.83. The van der Waals surface area contributed by atoms with Gasteiger partial charge in [-0.05, 0) is 31.0 Å². The van der Waals surface area contributed by atoms with Crippen LogP contribution in [0, 0.1) is 16.7 Å². The Hall–Kier alpha value is -2.06. The predicted molar refractivity (Wildman–Crippen MR) is 76.1 cm³/mol. The number of benzene rings is 1. The van der Waals surface area contributed by atoms with Crippen molar-refractivity contribution in [3.05, 3.63) is 29.3 Å². The maximum atomic E-state index is 11.9. The first-order valence-electron chi connectivity index (χ1n) is 6.65. The summed E-state index contributed by atoms with van der Waals surface area (Å²) in [7, 11) is 1.65. The van der Waals surface area contributed by atoms with E-state index in [0.29, 0.717) is 12.1 Å². The molecule has 0 aromatic heterocycles. The zero-order valence-electron chi connectivity index (χ0n) is 11.8. The van der Waals surface area contributed by atoms with Gasteiger partial charge in [-0.25, -0.2) is 0 Å². The fourth-order valence-electron chi connectivity index (χ4n) is 2.70. The lowest BCUT2D eigenvalue weighted by Gasteiger charge is -2.24. The van der Waals surface area contributed by atoms with Crippen LogP contribution in [0.25, 0.3) is 0 Å². The molecule has 1 fully saturated rings. The number of hydrogen-bond acceptors (Lipinski definition) is 4. The first kappa shape index (κ1) is 14.4. The van der Waals surface area contributed by atoms with Gasteiger partial charge in [-0.15, -0.1) is 0 Å². The normalized spacial score (nSPS) is 21.6. The van der Waals surface area contributed by atoms with E-state index >= 15 is 0 Å². The van der Waals surface area contributed by atoms with Crippen molar-refractivity contribution in [1.29, 1.82) is 5.26 Å². The molecule has 0 bridgehead atoms. The third-order valence-electron chi connectivity index (χ3n) is 3.95. The Labute approximate surface area is 118 Å². The van der Waals surface area contributed by atoms with Crippen LogP contribution in [-0.2, 0) is 11.4 Å². The molecule has 1 aliphatic rings. The van der Waals surface area contributed by atoms with Crippen LogP contribution in [0.4, 0.5) is 5.69 Å². The van der Waals surface area contributed by atoms with Gasteiger partial charge in [0.1, 0.15) is 6.07 Å². The molecule has 1 aromatic rings. The number of amides is 1. The summed E-state index contributed by atoms with van der Waals surface area (Å²) in [4.78, 5) is 14.0. The molecular formula is C15H19N3O2. The molecule has 0 radical (unpaired) electrons. The number of nitrogens with one attached hydrogen (secondary N) is 1. The molecule has 1 aromatic carbocycles. The summed E-state index contributed by atoms with van der Waals surface area (Å²) in [5.41, 5.74) is 1.67. The van der Waals surface area contributed by atoms with Crippen LogP contribution in [0.3, 0.4) is 0 Å². The summed E-state index contributed by atoms with van der Waals surface area (Å²) in [5, 5.41) is 21.1. The van der Waals surface area contributed by atoms with Gasteiger partial charge in [-0.2, -0.15) is 5.26 Å². The zero-order chi connectivity index (χ0) is 14.8. The second-order valence-corrected chi connectivity index (χ2v) is 5.43. The number of anilines is 1. The Morgan fingerprint density at radius 2 is 2.35 bits per heavy atom. The average molecular weight is 273 g/mol. The van der Waals surface area contributed by atoms with Crippen molar-refractivity contribution in [3.63, 3.8) is 0 Å². The maximum absolute atomic E-state index is 11.9. The molecule has 1 aliphatic heterocycles. The van der Waals surface area contributed by atoms with Crippen molar-refractivity contribution in [1.82, 2.24) is 5.32 Å². The van der Waals surface area contributed by atoms with E-state index < -0.39 is 5.41 Å². The van der Waals surface area contributed by atoms with E-state index in [4.69, 9.17) is 5.11 Å². The van der Waals surface area contributed by atoms with Crippen LogP contribution < -0.4 is 10.2 Å². The van der Waals surface area contributed by atoms with Crippen molar-refractivity contribution in [2.24, 2.45) is 5.41 Å². The zero-order valence-corrected chi connectivity index (χ0v) is 11.8. The molecule has 1 atom stereocenters. The molecular weight excluding hydrogens is 254 g/mol. The third kappa shape index (κ3) is 2.47. The summed E-state index contributed by atoms with van der Waals surface area (Å²) < 4.78 is 0. The number of carbonyl (C=O) groups excluding carboxylic acids is 1. The van der Waals surface area contributed by atoms with E-state index in [-0.39, 0.29) is 12.5 Å². The van der Waals surface area contributed by atoms with E-state index in [2.05, 4.69) is 16.3 Å². The minimum Gasteiger partial charge on any atom is -0.392 e. The summed E-state index contributed by atoms with van der Waals surface area (Å²) in [5.74, 6) is 0.0329. The van der Waals surface area contributed by atoms with Crippen molar-refractivity contribution in [2.75, 3.05) is 25.0 Å². The molecule has 1 amide bonds. The number of aliphatic hydroxyl groups is 1. The van der Waals surface area contributed by atoms with Gasteiger partial charge < -0.3 is 15.3 Å². The summed E-state index contributed by atoms with van der Waals surface area (Å²) in [6, 6.07) is 7.52. The van der Waals surface area contributed by atoms with Crippen molar-refractivity contribution >= 4 is 11.6 Å². The van der Waals surface area contributed by atoms with Gasteiger partial charge in [0.05, 0.1) is 23.3 Å². The maximum Gasteiger partial charge on any atom is 0.227 e. The standard InChI is InChI=1S/C15H19N3O2/c1-15(14(20)17-2)5-6-18(10-15)13-4-3-11(9-19)7-12(13)8-16/h3-4,7,19H,5-6,9-10H2,1-2H3,(H,17,20). The SMILES string of the molecule is CNC(=O)C1(C)CCN(c2ccc(CO)cc2C#N)C1. The fraction of sp³-hybridized carbons (Fsp3) is 0.467. The Kier molecular flexibility index (Phi) is 3.96. The second kappa shape index (κ2) is 5.51. The first-order valence-corrected chi connectivity index (χ1v) is 6.65. The van der Waals surface area contributed by atoms with E-state index in [1.807, 2.05) is 19.1 Å². The number of rotatable bonds is 3. The van der Waals surface area contributed by atoms with Crippen LogP contribution in [0.1, 0.15) is 24.5 Å². The molecule has 0 saturated carbocycles. The van der Waals surface area contributed by atoms with Gasteiger partial charge in [-0.3, -0.25) is 4.79 Å². The smallest absolute Gasteiger partial charge is 0.227 e. The van der Waals surface area contributed by atoms with Crippen LogP contribution in [0.5, 0.6) is 0 Å². The molecule has 1 heterocycles. The van der Waals surface area contributed by atoms with Gasteiger partial charge in [0.25, 0.3) is 0 Å². The van der Waals surface area contributed by atoms with E-state index in [0.717, 1.165) is 24.2 Å². The molecule has 106 valence electrons. The lowest BCUT2D eigenvalue weighted by Crippen LogP contribution is -2.39. The largest absolute Gasteiger partial charge is 0.392 e. The number of nitriles is 1. The van der Waals surface area contributed by atoms with E-state index in [1.54, 1.807) is 13.1 Å². The third-order valence-corrected chi connectivity index (χ3v) is 3.95. The second-order valence-electron chi connectivity index (χ2n) is 5.43. The number of aliphatic hydroxyl groups excluding tert-OH is 1. The summed E-state index contributed by atoms with van der Waals surface area (Å²) in [6.45, 7) is 3.21. The summed E-state index contributed by atoms with van der Waals surface area (Å²) in [6.07, 6.45) is 0.763. The Morgan fingerprint density at radius 3 is 2.95 bits per heavy atom. The molecule has 20 heavy (non-hydrogen) atoms. The van der Waals surface area contributed by atoms with E-state index in [9.17, 15) is 10.1 Å². The fourth-order valence-corrected chi connectivity index (χ4v) is 2.70. The molecule has 2 N–H and O–H groups in total.